The minimum absolute atomic E-state index is 0.0385. The summed E-state index contributed by atoms with van der Waals surface area (Å²) >= 11 is 0. The fraction of sp³-hybridized carbons (Fsp3) is 0.900. The van der Waals surface area contributed by atoms with Gasteiger partial charge in [-0.1, -0.05) is 60.1 Å². The van der Waals surface area contributed by atoms with Gasteiger partial charge in [0.2, 0.25) is 0 Å². The van der Waals surface area contributed by atoms with Gasteiger partial charge in [0.15, 0.2) is 0 Å². The minimum atomic E-state index is -0.792. The Morgan fingerprint density at radius 1 is 0.939 bits per heavy atom. The molecule has 0 aromatic carbocycles. The third-order valence-corrected chi connectivity index (χ3v) is 13.4. The van der Waals surface area contributed by atoms with Gasteiger partial charge in [0.25, 0.3) is 0 Å². The molecule has 0 aliphatic heterocycles. The Hall–Kier alpha value is -0.830. The first kappa shape index (κ1) is 23.9. The van der Waals surface area contributed by atoms with Gasteiger partial charge in [0.1, 0.15) is 0 Å². The molecule has 1 N–H and O–H groups in total. The molecule has 5 aliphatic carbocycles. The average molecular weight is 456 g/mol. The topological polar surface area (TPSA) is 60.4 Å². The van der Waals surface area contributed by atoms with Crippen molar-refractivity contribution in [2.24, 2.45) is 56.7 Å². The van der Waals surface area contributed by atoms with E-state index in [0.717, 1.165) is 44.9 Å². The van der Waals surface area contributed by atoms with Crippen molar-refractivity contribution in [1.29, 1.82) is 0 Å². The number of hydrogen-bond donors (Lipinski definition) is 1. The van der Waals surface area contributed by atoms with E-state index in [1.54, 1.807) is 0 Å². The Balaban J connectivity index is 1.61. The second-order valence-electron chi connectivity index (χ2n) is 14.5. The molecule has 186 valence electrons. The van der Waals surface area contributed by atoms with Gasteiger partial charge in [-0.05, 0) is 109 Å². The zero-order valence-corrected chi connectivity index (χ0v) is 22.2. The van der Waals surface area contributed by atoms with Gasteiger partial charge in [-0.25, -0.2) is 0 Å². The predicted molar refractivity (Wildman–Crippen MR) is 130 cm³/mol. The van der Waals surface area contributed by atoms with Crippen molar-refractivity contribution in [1.82, 2.24) is 0 Å². The largest absolute Gasteiger partial charge is 0.550 e. The highest BCUT2D eigenvalue weighted by molar-refractivity contribution is 5.74. The van der Waals surface area contributed by atoms with E-state index in [0.29, 0.717) is 23.7 Å². The highest BCUT2D eigenvalue weighted by Crippen LogP contribution is 2.75. The van der Waals surface area contributed by atoms with Crippen LogP contribution in [0.15, 0.2) is 11.6 Å². The molecule has 0 aromatic rings. The third kappa shape index (κ3) is 2.75. The summed E-state index contributed by atoms with van der Waals surface area (Å²) in [5.41, 5.74) is 1.24. The normalized spacial score (nSPS) is 55.3. The van der Waals surface area contributed by atoms with Crippen LogP contribution in [-0.4, -0.2) is 17.2 Å². The maximum atomic E-state index is 12.7. The molecular weight excluding hydrogens is 408 g/mol. The number of allylic oxidation sites excluding steroid dienone is 2. The molecule has 4 saturated carbocycles. The highest BCUT2D eigenvalue weighted by Gasteiger charge is 2.68. The summed E-state index contributed by atoms with van der Waals surface area (Å²) in [7, 11) is 0. The van der Waals surface area contributed by atoms with Crippen LogP contribution in [0.2, 0.25) is 0 Å². The Bertz CT molecular complexity index is 874. The van der Waals surface area contributed by atoms with Crippen molar-refractivity contribution < 1.29 is 15.0 Å². The van der Waals surface area contributed by atoms with E-state index in [9.17, 15) is 15.0 Å². The first-order chi connectivity index (χ1) is 15.3. The van der Waals surface area contributed by atoms with E-state index in [1.807, 2.05) is 0 Å². The number of aliphatic hydroxyl groups excluding tert-OH is 1. The van der Waals surface area contributed by atoms with Crippen molar-refractivity contribution in [2.45, 2.75) is 112 Å². The van der Waals surface area contributed by atoms with Gasteiger partial charge >= 0.3 is 0 Å². The number of rotatable bonds is 1. The smallest absolute Gasteiger partial charge is 0.0594 e. The second-order valence-corrected chi connectivity index (χ2v) is 14.5. The molecule has 5 rings (SSSR count). The van der Waals surface area contributed by atoms with Crippen molar-refractivity contribution in [2.75, 3.05) is 0 Å². The standard InChI is InChI=1S/C30H48O3/c1-18-10-15-30(25(32)33)17-16-28(6)20(24(30)19(18)2)8-9-22-27(5)13-12-23(31)26(3,4)21(27)11-14-29(22,28)7/h8,18-19,21-24,31H,9-17H2,1-7H3,(H,32,33)/p-1/t18-,19-,21+,22-,23+,24-,27+,28-,29-,30+/m1/s1. The lowest BCUT2D eigenvalue weighted by atomic mass is 9.33. The quantitative estimate of drug-likeness (QED) is 0.512. The van der Waals surface area contributed by atoms with Gasteiger partial charge in [0, 0.05) is 11.4 Å². The number of carboxylic acid groups (broad SMARTS) is 1. The molecule has 4 fully saturated rings. The molecule has 0 bridgehead atoms. The number of carbonyl (C=O) groups is 1. The van der Waals surface area contributed by atoms with E-state index in [1.165, 1.54) is 18.4 Å². The lowest BCUT2D eigenvalue weighted by Crippen LogP contribution is -2.66. The summed E-state index contributed by atoms with van der Waals surface area (Å²) in [6.07, 6.45) is 11.3. The molecule has 33 heavy (non-hydrogen) atoms. The number of fused-ring (bicyclic) bond motifs is 7. The van der Waals surface area contributed by atoms with Gasteiger partial charge in [-0.3, -0.25) is 0 Å². The summed E-state index contributed by atoms with van der Waals surface area (Å²) in [4.78, 5) is 12.7. The summed E-state index contributed by atoms with van der Waals surface area (Å²) in [5.74, 6) is 1.42. The van der Waals surface area contributed by atoms with Crippen LogP contribution in [0.3, 0.4) is 0 Å². The molecular formula is C30H47O3-. The predicted octanol–water partition coefficient (Wildman–Crippen LogP) is 5.75. The molecule has 0 aromatic heterocycles. The van der Waals surface area contributed by atoms with Gasteiger partial charge in [-0.15, -0.1) is 0 Å². The van der Waals surface area contributed by atoms with E-state index >= 15 is 0 Å². The molecule has 3 nitrogen and oxygen atoms in total. The van der Waals surface area contributed by atoms with Gasteiger partial charge in [0.05, 0.1) is 6.10 Å². The van der Waals surface area contributed by atoms with E-state index < -0.39 is 11.4 Å². The zero-order valence-electron chi connectivity index (χ0n) is 22.2. The number of aliphatic hydroxyl groups is 1. The minimum Gasteiger partial charge on any atom is -0.550 e. The van der Waals surface area contributed by atoms with Crippen LogP contribution in [0.25, 0.3) is 0 Å². The van der Waals surface area contributed by atoms with Crippen LogP contribution in [0, 0.1) is 56.7 Å². The molecule has 0 saturated heterocycles. The van der Waals surface area contributed by atoms with Crippen LogP contribution >= 0.6 is 0 Å². The van der Waals surface area contributed by atoms with Crippen molar-refractivity contribution in [3.05, 3.63) is 11.6 Å². The maximum Gasteiger partial charge on any atom is 0.0594 e. The molecule has 3 heteroatoms. The molecule has 0 heterocycles. The molecule has 5 aliphatic rings. The van der Waals surface area contributed by atoms with E-state index in [4.69, 9.17) is 0 Å². The van der Waals surface area contributed by atoms with Crippen LogP contribution in [-0.2, 0) is 4.79 Å². The van der Waals surface area contributed by atoms with Crippen LogP contribution < -0.4 is 5.11 Å². The first-order valence-electron chi connectivity index (χ1n) is 13.9. The van der Waals surface area contributed by atoms with Gasteiger partial charge < -0.3 is 15.0 Å². The summed E-state index contributed by atoms with van der Waals surface area (Å²) in [6.45, 7) is 16.8. The Labute approximate surface area is 201 Å². The van der Waals surface area contributed by atoms with E-state index in [2.05, 4.69) is 54.5 Å². The molecule has 0 radical (unpaired) electrons. The van der Waals surface area contributed by atoms with Crippen molar-refractivity contribution in [3.8, 4) is 0 Å². The lowest BCUT2D eigenvalue weighted by Gasteiger charge is -2.71. The first-order valence-corrected chi connectivity index (χ1v) is 13.9. The Kier molecular flexibility index (Phi) is 5.15. The zero-order chi connectivity index (χ0) is 24.2. The van der Waals surface area contributed by atoms with Crippen LogP contribution in [0.5, 0.6) is 0 Å². The number of aliphatic carboxylic acids is 1. The average Bonchev–Trinajstić information content (AvgIpc) is 2.74. The second kappa shape index (κ2) is 7.11. The highest BCUT2D eigenvalue weighted by atomic mass is 16.4. The van der Waals surface area contributed by atoms with Crippen molar-refractivity contribution >= 4 is 5.97 Å². The fourth-order valence-corrected chi connectivity index (χ4v) is 10.8. The Morgan fingerprint density at radius 2 is 1.64 bits per heavy atom. The maximum absolute atomic E-state index is 12.7. The Morgan fingerprint density at radius 3 is 2.30 bits per heavy atom. The van der Waals surface area contributed by atoms with Crippen LogP contribution in [0.1, 0.15) is 106 Å². The SMILES string of the molecule is C[C@@H]1[C@H](C)CC[C@]2(C(=O)[O-])CC[C@]3(C)C(=CC[C@@H]4[C@@]5(C)CC[C@H](O)C(C)(C)[C@@H]5CC[C@]43C)[C@@H]12. The fourth-order valence-electron chi connectivity index (χ4n) is 10.8. The van der Waals surface area contributed by atoms with E-state index in [-0.39, 0.29) is 33.7 Å². The number of carboxylic acids is 1. The molecule has 0 amide bonds. The number of hydrogen-bond acceptors (Lipinski definition) is 3. The molecule has 0 unspecified atom stereocenters. The number of carbonyl (C=O) groups excluding carboxylic acids is 1. The molecule has 0 spiro atoms. The third-order valence-electron chi connectivity index (χ3n) is 13.4. The summed E-state index contributed by atoms with van der Waals surface area (Å²) in [5, 5.41) is 23.6. The van der Waals surface area contributed by atoms with Gasteiger partial charge in [-0.2, -0.15) is 0 Å². The van der Waals surface area contributed by atoms with Crippen molar-refractivity contribution in [3.63, 3.8) is 0 Å². The lowest BCUT2D eigenvalue weighted by molar-refractivity contribution is -0.327. The monoisotopic (exact) mass is 455 g/mol. The summed E-state index contributed by atoms with van der Waals surface area (Å²) in [6, 6.07) is 0. The summed E-state index contributed by atoms with van der Waals surface area (Å²) < 4.78 is 0. The van der Waals surface area contributed by atoms with Crippen LogP contribution in [0.4, 0.5) is 0 Å². The molecule has 10 atom stereocenters.